The molecule has 0 unspecified atom stereocenters. The van der Waals surface area contributed by atoms with Crippen LogP contribution in [0, 0.1) is 5.82 Å². The molecule has 0 radical (unpaired) electrons. The van der Waals surface area contributed by atoms with Crippen LogP contribution in [0.5, 0.6) is 0 Å². The second kappa shape index (κ2) is 11.5. The SMILES string of the molecule is O=C(NCCc1ccc(Cl)cc1Cl)c1csc(CSc2nnc(-c3ccco3)n2-c2ccc(F)cc2)n1. The van der Waals surface area contributed by atoms with Gasteiger partial charge in [-0.15, -0.1) is 21.5 Å². The fourth-order valence-electron chi connectivity index (χ4n) is 3.49. The van der Waals surface area contributed by atoms with Crippen LogP contribution in [-0.2, 0) is 12.2 Å². The van der Waals surface area contributed by atoms with E-state index in [2.05, 4.69) is 20.5 Å². The van der Waals surface area contributed by atoms with Crippen molar-refractivity contribution in [1.82, 2.24) is 25.1 Å². The molecule has 0 aliphatic carbocycles. The Bertz CT molecular complexity index is 1520. The van der Waals surface area contributed by atoms with E-state index in [1.807, 2.05) is 6.07 Å². The number of hydrogen-bond donors (Lipinski definition) is 1. The molecule has 0 bridgehead atoms. The van der Waals surface area contributed by atoms with Gasteiger partial charge in [0.2, 0.25) is 5.82 Å². The van der Waals surface area contributed by atoms with Crippen molar-refractivity contribution in [2.45, 2.75) is 17.3 Å². The molecule has 7 nitrogen and oxygen atoms in total. The summed E-state index contributed by atoms with van der Waals surface area (Å²) in [5.74, 6) is 0.911. The molecule has 5 aromatic rings. The van der Waals surface area contributed by atoms with Crippen molar-refractivity contribution < 1.29 is 13.6 Å². The molecular formula is C25H18Cl2FN5O2S2. The fourth-order valence-corrected chi connectivity index (χ4v) is 5.73. The number of nitrogens with one attached hydrogen (secondary N) is 1. The summed E-state index contributed by atoms with van der Waals surface area (Å²) in [6.07, 6.45) is 2.13. The maximum Gasteiger partial charge on any atom is 0.270 e. The van der Waals surface area contributed by atoms with Crippen LogP contribution in [0.2, 0.25) is 10.0 Å². The number of furan rings is 1. The molecule has 2 aromatic carbocycles. The summed E-state index contributed by atoms with van der Waals surface area (Å²) in [6, 6.07) is 14.9. The van der Waals surface area contributed by atoms with Crippen LogP contribution in [0.4, 0.5) is 4.39 Å². The summed E-state index contributed by atoms with van der Waals surface area (Å²) in [5, 5.41) is 15.7. The van der Waals surface area contributed by atoms with E-state index in [0.29, 0.717) is 56.9 Å². The molecule has 1 N–H and O–H groups in total. The molecule has 0 atom stereocenters. The number of hydrogen-bond acceptors (Lipinski definition) is 7. The molecule has 0 fully saturated rings. The Morgan fingerprint density at radius 3 is 2.73 bits per heavy atom. The Balaban J connectivity index is 1.24. The van der Waals surface area contributed by atoms with E-state index in [1.165, 1.54) is 35.2 Å². The van der Waals surface area contributed by atoms with Crippen molar-refractivity contribution in [3.05, 3.63) is 98.4 Å². The second-order valence-corrected chi connectivity index (χ2v) is 10.5. The quantitative estimate of drug-likeness (QED) is 0.197. The lowest BCUT2D eigenvalue weighted by molar-refractivity contribution is 0.0949. The minimum absolute atomic E-state index is 0.257. The van der Waals surface area contributed by atoms with E-state index in [-0.39, 0.29) is 11.7 Å². The molecule has 0 saturated carbocycles. The van der Waals surface area contributed by atoms with Crippen LogP contribution in [0.3, 0.4) is 0 Å². The van der Waals surface area contributed by atoms with Gasteiger partial charge in [0.15, 0.2) is 10.9 Å². The predicted octanol–water partition coefficient (Wildman–Crippen LogP) is 6.69. The highest BCUT2D eigenvalue weighted by Crippen LogP contribution is 2.30. The number of aromatic nitrogens is 4. The predicted molar refractivity (Wildman–Crippen MR) is 143 cm³/mol. The molecule has 3 aromatic heterocycles. The van der Waals surface area contributed by atoms with Gasteiger partial charge in [0, 0.05) is 22.0 Å². The van der Waals surface area contributed by atoms with Gasteiger partial charge in [-0.2, -0.15) is 0 Å². The maximum absolute atomic E-state index is 13.5. The number of carbonyl (C=O) groups excluding carboxylic acids is 1. The third kappa shape index (κ3) is 6.04. The number of thioether (sulfide) groups is 1. The molecule has 12 heteroatoms. The van der Waals surface area contributed by atoms with Crippen LogP contribution in [0.15, 0.2) is 75.8 Å². The summed E-state index contributed by atoms with van der Waals surface area (Å²) in [6.45, 7) is 0.415. The number of carbonyl (C=O) groups is 1. The molecule has 1 amide bonds. The smallest absolute Gasteiger partial charge is 0.270 e. The van der Waals surface area contributed by atoms with Gasteiger partial charge < -0.3 is 9.73 Å². The van der Waals surface area contributed by atoms with Crippen LogP contribution in [-0.4, -0.2) is 32.2 Å². The van der Waals surface area contributed by atoms with Gasteiger partial charge in [-0.05, 0) is 60.5 Å². The second-order valence-electron chi connectivity index (χ2n) is 7.75. The summed E-state index contributed by atoms with van der Waals surface area (Å²) in [4.78, 5) is 17.0. The molecule has 0 saturated heterocycles. The molecule has 0 aliphatic heterocycles. The summed E-state index contributed by atoms with van der Waals surface area (Å²) in [5.41, 5.74) is 1.94. The average Bonchev–Trinajstić information content (AvgIpc) is 3.65. The monoisotopic (exact) mass is 573 g/mol. The van der Waals surface area contributed by atoms with E-state index in [4.69, 9.17) is 27.6 Å². The van der Waals surface area contributed by atoms with Crippen molar-refractivity contribution in [2.75, 3.05) is 6.54 Å². The number of benzene rings is 2. The lowest BCUT2D eigenvalue weighted by Crippen LogP contribution is -2.26. The Morgan fingerprint density at radius 1 is 1.14 bits per heavy atom. The highest BCUT2D eigenvalue weighted by molar-refractivity contribution is 7.98. The lowest BCUT2D eigenvalue weighted by Gasteiger charge is -2.08. The van der Waals surface area contributed by atoms with Crippen LogP contribution < -0.4 is 5.32 Å². The first-order valence-corrected chi connectivity index (χ1v) is 13.6. The zero-order valence-corrected chi connectivity index (χ0v) is 22.2. The van der Waals surface area contributed by atoms with Crippen LogP contribution >= 0.6 is 46.3 Å². The number of halogens is 3. The average molecular weight is 574 g/mol. The van der Waals surface area contributed by atoms with Crippen molar-refractivity contribution in [3.8, 4) is 17.3 Å². The van der Waals surface area contributed by atoms with Crippen molar-refractivity contribution in [1.29, 1.82) is 0 Å². The highest BCUT2D eigenvalue weighted by Gasteiger charge is 2.19. The normalized spacial score (nSPS) is 11.1. The van der Waals surface area contributed by atoms with Crippen LogP contribution in [0.1, 0.15) is 21.1 Å². The Morgan fingerprint density at radius 2 is 1.97 bits per heavy atom. The first-order chi connectivity index (χ1) is 18.0. The van der Waals surface area contributed by atoms with E-state index in [9.17, 15) is 9.18 Å². The van der Waals surface area contributed by atoms with Gasteiger partial charge in [0.1, 0.15) is 16.5 Å². The third-order valence-electron chi connectivity index (χ3n) is 5.26. The third-order valence-corrected chi connectivity index (χ3v) is 7.82. The van der Waals surface area contributed by atoms with Gasteiger partial charge >= 0.3 is 0 Å². The molecule has 5 rings (SSSR count). The van der Waals surface area contributed by atoms with Gasteiger partial charge in [-0.1, -0.05) is 41.0 Å². The van der Waals surface area contributed by atoms with Crippen molar-refractivity contribution in [2.24, 2.45) is 0 Å². The minimum atomic E-state index is -0.338. The van der Waals surface area contributed by atoms with E-state index >= 15 is 0 Å². The number of rotatable bonds is 9. The van der Waals surface area contributed by atoms with Gasteiger partial charge in [-0.3, -0.25) is 9.36 Å². The Labute approximate surface area is 229 Å². The number of thiazole rings is 1. The first kappa shape index (κ1) is 25.5. The summed E-state index contributed by atoms with van der Waals surface area (Å²) < 4.78 is 20.8. The molecular weight excluding hydrogens is 556 g/mol. The van der Waals surface area contributed by atoms with E-state index in [0.717, 1.165) is 10.6 Å². The topological polar surface area (TPSA) is 85.8 Å². The zero-order valence-electron chi connectivity index (χ0n) is 19.0. The van der Waals surface area contributed by atoms with Crippen molar-refractivity contribution in [3.63, 3.8) is 0 Å². The maximum atomic E-state index is 13.5. The number of nitrogens with zero attached hydrogens (tertiary/aromatic N) is 4. The van der Waals surface area contributed by atoms with Crippen molar-refractivity contribution >= 4 is 52.2 Å². The number of amides is 1. The van der Waals surface area contributed by atoms with Gasteiger partial charge in [0.25, 0.3) is 5.91 Å². The minimum Gasteiger partial charge on any atom is -0.461 e. The molecule has 0 aliphatic rings. The lowest BCUT2D eigenvalue weighted by atomic mass is 10.1. The summed E-state index contributed by atoms with van der Waals surface area (Å²) in [7, 11) is 0. The van der Waals surface area contributed by atoms with Gasteiger partial charge in [0.05, 0.1) is 17.7 Å². The molecule has 188 valence electrons. The van der Waals surface area contributed by atoms with Crippen LogP contribution in [0.25, 0.3) is 17.3 Å². The van der Waals surface area contributed by atoms with Gasteiger partial charge in [-0.25, -0.2) is 9.37 Å². The Hall–Kier alpha value is -3.18. The Kier molecular flexibility index (Phi) is 7.90. The molecule has 3 heterocycles. The van der Waals surface area contributed by atoms with E-state index in [1.54, 1.807) is 52.6 Å². The first-order valence-electron chi connectivity index (χ1n) is 11.0. The zero-order chi connectivity index (χ0) is 25.8. The van der Waals surface area contributed by atoms with E-state index < -0.39 is 0 Å². The standard InChI is InChI=1S/C25H18Cl2FN5O2S2/c26-16-4-3-15(19(27)12-16)9-10-29-24(34)20-13-36-22(30-20)14-37-25-32-31-23(21-2-1-11-35-21)33(25)18-7-5-17(28)6-8-18/h1-8,11-13H,9-10,14H2,(H,29,34). The molecule has 37 heavy (non-hydrogen) atoms. The highest BCUT2D eigenvalue weighted by atomic mass is 35.5. The molecule has 0 spiro atoms. The largest absolute Gasteiger partial charge is 0.461 e. The fraction of sp³-hybridized carbons (Fsp3) is 0.120. The summed E-state index contributed by atoms with van der Waals surface area (Å²) >= 11 is 14.9.